The van der Waals surface area contributed by atoms with E-state index in [1.54, 1.807) is 7.11 Å². The summed E-state index contributed by atoms with van der Waals surface area (Å²) in [6, 6.07) is 0.232. The lowest BCUT2D eigenvalue weighted by atomic mass is 10.0. The largest absolute Gasteiger partial charge is 0.378 e. The van der Waals surface area contributed by atoms with Gasteiger partial charge in [-0.1, -0.05) is 0 Å². The first kappa shape index (κ1) is 13.2. The minimum Gasteiger partial charge on any atom is -0.378 e. The lowest BCUT2D eigenvalue weighted by Gasteiger charge is -2.37. The van der Waals surface area contributed by atoms with E-state index in [4.69, 9.17) is 18.9 Å². The molecule has 2 heterocycles. The topological polar surface area (TPSA) is 49.0 Å². The van der Waals surface area contributed by atoms with Crippen LogP contribution in [0.3, 0.4) is 0 Å². The zero-order chi connectivity index (χ0) is 12.4. The molecule has 1 unspecified atom stereocenters. The fourth-order valence-electron chi connectivity index (χ4n) is 2.10. The Hall–Kier alpha value is -0.200. The van der Waals surface area contributed by atoms with Crippen LogP contribution in [0.2, 0.25) is 0 Å². The third-order valence-electron chi connectivity index (χ3n) is 3.48. The summed E-state index contributed by atoms with van der Waals surface area (Å²) in [5.41, 5.74) is -0.174. The molecule has 2 aliphatic rings. The predicted molar refractivity (Wildman–Crippen MR) is 62.9 cm³/mol. The van der Waals surface area contributed by atoms with Gasteiger partial charge in [0.05, 0.1) is 25.9 Å². The van der Waals surface area contributed by atoms with Crippen LogP contribution in [-0.4, -0.2) is 57.5 Å². The normalized spacial score (nSPS) is 34.1. The SMILES string of the molecule is COC1(CNC2COC(C)(C)OC2)CCOC1. The Balaban J connectivity index is 1.75. The van der Waals surface area contributed by atoms with Crippen LogP contribution >= 0.6 is 0 Å². The Morgan fingerprint density at radius 3 is 2.53 bits per heavy atom. The van der Waals surface area contributed by atoms with E-state index in [2.05, 4.69) is 5.32 Å². The van der Waals surface area contributed by atoms with E-state index in [0.717, 1.165) is 19.6 Å². The van der Waals surface area contributed by atoms with Crippen molar-refractivity contribution in [1.82, 2.24) is 5.32 Å². The third-order valence-corrected chi connectivity index (χ3v) is 3.48. The molecule has 0 spiro atoms. The van der Waals surface area contributed by atoms with Gasteiger partial charge in [0.2, 0.25) is 0 Å². The maximum absolute atomic E-state index is 5.60. The van der Waals surface area contributed by atoms with Crippen LogP contribution in [0.5, 0.6) is 0 Å². The molecule has 5 heteroatoms. The molecule has 2 fully saturated rings. The zero-order valence-electron chi connectivity index (χ0n) is 11.0. The van der Waals surface area contributed by atoms with Gasteiger partial charge in [-0.25, -0.2) is 0 Å². The second-order valence-electron chi connectivity index (χ2n) is 5.29. The molecular formula is C12H23NO4. The average molecular weight is 245 g/mol. The van der Waals surface area contributed by atoms with Gasteiger partial charge in [-0.2, -0.15) is 0 Å². The second kappa shape index (κ2) is 5.20. The van der Waals surface area contributed by atoms with Gasteiger partial charge in [-0.15, -0.1) is 0 Å². The van der Waals surface area contributed by atoms with Crippen molar-refractivity contribution in [2.75, 3.05) is 40.1 Å². The predicted octanol–water partition coefficient (Wildman–Crippen LogP) is 0.533. The number of methoxy groups -OCH3 is 1. The van der Waals surface area contributed by atoms with Gasteiger partial charge in [-0.3, -0.25) is 0 Å². The number of hydrogen-bond acceptors (Lipinski definition) is 5. The molecule has 2 rings (SSSR count). The number of ether oxygens (including phenoxy) is 4. The fourth-order valence-corrected chi connectivity index (χ4v) is 2.10. The van der Waals surface area contributed by atoms with Gasteiger partial charge in [0.15, 0.2) is 5.79 Å². The van der Waals surface area contributed by atoms with Gasteiger partial charge in [0.1, 0.15) is 5.60 Å². The molecular weight excluding hydrogens is 222 g/mol. The molecule has 0 aromatic carbocycles. The first-order valence-electron chi connectivity index (χ1n) is 6.19. The summed E-state index contributed by atoms with van der Waals surface area (Å²) in [5.74, 6) is -0.451. The monoisotopic (exact) mass is 245 g/mol. The standard InChI is InChI=1S/C12H23NO4/c1-11(2)16-6-10(7-17-11)13-8-12(14-3)4-5-15-9-12/h10,13H,4-9H2,1-3H3. The maximum Gasteiger partial charge on any atom is 0.162 e. The molecule has 2 aliphatic heterocycles. The number of nitrogens with one attached hydrogen (secondary N) is 1. The summed E-state index contributed by atoms with van der Waals surface area (Å²) >= 11 is 0. The molecule has 0 saturated carbocycles. The number of hydrogen-bond donors (Lipinski definition) is 1. The molecule has 5 nitrogen and oxygen atoms in total. The fraction of sp³-hybridized carbons (Fsp3) is 1.00. The van der Waals surface area contributed by atoms with E-state index in [0.29, 0.717) is 19.8 Å². The highest BCUT2D eigenvalue weighted by atomic mass is 16.7. The van der Waals surface area contributed by atoms with Crippen LogP contribution in [0.15, 0.2) is 0 Å². The molecule has 100 valence electrons. The van der Waals surface area contributed by atoms with E-state index >= 15 is 0 Å². The van der Waals surface area contributed by atoms with E-state index in [9.17, 15) is 0 Å². The summed E-state index contributed by atoms with van der Waals surface area (Å²) in [6.07, 6.45) is 0.941. The summed E-state index contributed by atoms with van der Waals surface area (Å²) in [6.45, 7) is 7.44. The van der Waals surface area contributed by atoms with Gasteiger partial charge in [0, 0.05) is 26.7 Å². The molecule has 0 amide bonds. The first-order valence-corrected chi connectivity index (χ1v) is 6.19. The highest BCUT2D eigenvalue weighted by Gasteiger charge is 2.36. The van der Waals surface area contributed by atoms with Crippen molar-refractivity contribution in [3.63, 3.8) is 0 Å². The Morgan fingerprint density at radius 2 is 2.00 bits per heavy atom. The van der Waals surface area contributed by atoms with Crippen molar-refractivity contribution in [2.45, 2.75) is 37.7 Å². The molecule has 1 atom stereocenters. The van der Waals surface area contributed by atoms with E-state index in [1.807, 2.05) is 13.8 Å². The van der Waals surface area contributed by atoms with Crippen LogP contribution in [0, 0.1) is 0 Å². The lowest BCUT2D eigenvalue weighted by Crippen LogP contribution is -2.53. The van der Waals surface area contributed by atoms with Crippen LogP contribution in [0.25, 0.3) is 0 Å². The molecule has 17 heavy (non-hydrogen) atoms. The summed E-state index contributed by atoms with van der Waals surface area (Å²) in [7, 11) is 1.74. The molecule has 0 aromatic rings. The van der Waals surface area contributed by atoms with Gasteiger partial charge in [0.25, 0.3) is 0 Å². The maximum atomic E-state index is 5.60. The molecule has 1 N–H and O–H groups in total. The third kappa shape index (κ3) is 3.39. The summed E-state index contributed by atoms with van der Waals surface area (Å²) < 4.78 is 22.2. The Morgan fingerprint density at radius 1 is 1.29 bits per heavy atom. The molecule has 2 saturated heterocycles. The first-order chi connectivity index (χ1) is 8.05. The van der Waals surface area contributed by atoms with Crippen LogP contribution in [0.1, 0.15) is 20.3 Å². The Kier molecular flexibility index (Phi) is 4.05. The second-order valence-corrected chi connectivity index (χ2v) is 5.29. The molecule has 0 bridgehead atoms. The van der Waals surface area contributed by atoms with Gasteiger partial charge >= 0.3 is 0 Å². The van der Waals surface area contributed by atoms with Crippen molar-refractivity contribution in [1.29, 1.82) is 0 Å². The van der Waals surface area contributed by atoms with Crippen molar-refractivity contribution in [2.24, 2.45) is 0 Å². The minimum atomic E-state index is -0.451. The number of rotatable bonds is 4. The van der Waals surface area contributed by atoms with Crippen LogP contribution < -0.4 is 5.32 Å². The van der Waals surface area contributed by atoms with Crippen molar-refractivity contribution in [3.8, 4) is 0 Å². The van der Waals surface area contributed by atoms with Crippen molar-refractivity contribution >= 4 is 0 Å². The van der Waals surface area contributed by atoms with Gasteiger partial charge < -0.3 is 24.3 Å². The average Bonchev–Trinajstić information content (AvgIpc) is 2.77. The van der Waals surface area contributed by atoms with Crippen LogP contribution in [-0.2, 0) is 18.9 Å². The zero-order valence-corrected chi connectivity index (χ0v) is 11.0. The smallest absolute Gasteiger partial charge is 0.162 e. The van der Waals surface area contributed by atoms with Gasteiger partial charge in [-0.05, 0) is 13.8 Å². The van der Waals surface area contributed by atoms with Crippen molar-refractivity contribution < 1.29 is 18.9 Å². The lowest BCUT2D eigenvalue weighted by molar-refractivity contribution is -0.253. The molecule has 0 radical (unpaired) electrons. The summed E-state index contributed by atoms with van der Waals surface area (Å²) in [5, 5.41) is 3.44. The quantitative estimate of drug-likeness (QED) is 0.783. The van der Waals surface area contributed by atoms with Crippen molar-refractivity contribution in [3.05, 3.63) is 0 Å². The van der Waals surface area contributed by atoms with E-state index in [1.165, 1.54) is 0 Å². The minimum absolute atomic E-state index is 0.174. The van der Waals surface area contributed by atoms with E-state index in [-0.39, 0.29) is 11.6 Å². The highest BCUT2D eigenvalue weighted by molar-refractivity contribution is 4.88. The highest BCUT2D eigenvalue weighted by Crippen LogP contribution is 2.22. The van der Waals surface area contributed by atoms with E-state index < -0.39 is 5.79 Å². The Labute approximate surface area is 103 Å². The van der Waals surface area contributed by atoms with Crippen LogP contribution in [0.4, 0.5) is 0 Å². The Bertz CT molecular complexity index is 241. The molecule has 0 aromatic heterocycles. The summed E-state index contributed by atoms with van der Waals surface area (Å²) in [4.78, 5) is 0. The molecule has 0 aliphatic carbocycles.